The van der Waals surface area contributed by atoms with E-state index in [4.69, 9.17) is 21.1 Å². The molecule has 0 saturated carbocycles. The molecule has 26 heavy (non-hydrogen) atoms. The predicted molar refractivity (Wildman–Crippen MR) is 96.8 cm³/mol. The molecule has 2 aromatic carbocycles. The Labute approximate surface area is 155 Å². The van der Waals surface area contributed by atoms with Gasteiger partial charge in [0.25, 0.3) is 0 Å². The number of benzene rings is 2. The number of hydrogen-bond acceptors (Lipinski definition) is 5. The van der Waals surface area contributed by atoms with Crippen molar-refractivity contribution in [3.8, 4) is 11.5 Å². The highest BCUT2D eigenvalue weighted by Crippen LogP contribution is 2.38. The quantitative estimate of drug-likeness (QED) is 0.695. The number of fused-ring (bicyclic) bond motifs is 2. The van der Waals surface area contributed by atoms with E-state index < -0.39 is 0 Å². The Kier molecular flexibility index (Phi) is 4.95. The summed E-state index contributed by atoms with van der Waals surface area (Å²) in [6.45, 7) is 0. The van der Waals surface area contributed by atoms with E-state index in [1.165, 1.54) is 26.4 Å². The van der Waals surface area contributed by atoms with Crippen LogP contribution in [0.15, 0.2) is 30.3 Å². The zero-order chi connectivity index (χ0) is 18.8. The van der Waals surface area contributed by atoms with E-state index in [-0.39, 0.29) is 57.8 Å². The van der Waals surface area contributed by atoms with Gasteiger partial charge >= 0.3 is 0 Å². The molecule has 1 amide bonds. The molecule has 0 aliphatic heterocycles. The number of carbonyl (C=O) groups is 3. The molecule has 0 atom stereocenters. The van der Waals surface area contributed by atoms with E-state index >= 15 is 0 Å². The van der Waals surface area contributed by atoms with E-state index in [1.54, 1.807) is 18.2 Å². The Bertz CT molecular complexity index is 922. The molecule has 0 unspecified atom stereocenters. The highest BCUT2D eigenvalue weighted by atomic mass is 35.5. The maximum absolute atomic E-state index is 13.0. The fourth-order valence-electron chi connectivity index (χ4n) is 2.97. The van der Waals surface area contributed by atoms with Crippen molar-refractivity contribution in [1.29, 1.82) is 0 Å². The monoisotopic (exact) mass is 373 g/mol. The molecule has 1 aliphatic carbocycles. The third-order valence-electron chi connectivity index (χ3n) is 4.12. The van der Waals surface area contributed by atoms with Gasteiger partial charge in [-0.15, -0.1) is 11.6 Å². The summed E-state index contributed by atoms with van der Waals surface area (Å²) in [5.74, 6) is -0.272. The number of carbonyl (C=O) groups excluding carboxylic acids is 3. The van der Waals surface area contributed by atoms with Gasteiger partial charge < -0.3 is 14.8 Å². The summed E-state index contributed by atoms with van der Waals surface area (Å²) in [6.07, 6.45) is 0.133. The van der Waals surface area contributed by atoms with Gasteiger partial charge in [0.1, 0.15) is 11.5 Å². The molecular formula is C19H16ClNO5. The number of halogens is 1. The minimum atomic E-state index is -0.359. The topological polar surface area (TPSA) is 81.7 Å². The second-order valence-corrected chi connectivity index (χ2v) is 6.01. The van der Waals surface area contributed by atoms with Crippen LogP contribution in [0.4, 0.5) is 5.69 Å². The maximum atomic E-state index is 13.0. The smallest absolute Gasteiger partial charge is 0.225 e. The number of anilines is 1. The number of rotatable bonds is 5. The standard InChI is InChI=1S/C19H16ClNO5/c1-25-13-5-3-4-11-16(13)19(24)17-12(18(11)23)8-10(9-14(17)26-2)21-15(22)6-7-20/h3-5,8-9H,6-7H2,1-2H3,(H,21,22). The summed E-state index contributed by atoms with van der Waals surface area (Å²) in [6, 6.07) is 7.84. The van der Waals surface area contributed by atoms with Gasteiger partial charge in [0.2, 0.25) is 11.7 Å². The first-order valence-corrected chi connectivity index (χ1v) is 8.39. The third-order valence-corrected chi connectivity index (χ3v) is 4.31. The highest BCUT2D eigenvalue weighted by molar-refractivity contribution is 6.30. The lowest BCUT2D eigenvalue weighted by atomic mass is 9.82. The second kappa shape index (κ2) is 7.17. The van der Waals surface area contributed by atoms with Crippen molar-refractivity contribution in [1.82, 2.24) is 0 Å². The first-order chi connectivity index (χ1) is 12.5. The van der Waals surface area contributed by atoms with Crippen molar-refractivity contribution in [2.24, 2.45) is 0 Å². The van der Waals surface area contributed by atoms with Crippen LogP contribution in [-0.2, 0) is 4.79 Å². The Hall–Kier alpha value is -2.86. The van der Waals surface area contributed by atoms with Crippen molar-refractivity contribution in [3.63, 3.8) is 0 Å². The molecule has 0 saturated heterocycles. The molecule has 3 rings (SSSR count). The van der Waals surface area contributed by atoms with Crippen molar-refractivity contribution in [2.75, 3.05) is 25.4 Å². The lowest BCUT2D eigenvalue weighted by Gasteiger charge is -2.22. The van der Waals surface area contributed by atoms with Crippen LogP contribution in [0.25, 0.3) is 0 Å². The molecule has 2 aromatic rings. The van der Waals surface area contributed by atoms with Crippen LogP contribution in [0.1, 0.15) is 38.3 Å². The molecule has 0 bridgehead atoms. The molecule has 1 aliphatic rings. The molecule has 0 radical (unpaired) electrons. The second-order valence-electron chi connectivity index (χ2n) is 5.63. The Morgan fingerprint density at radius 2 is 1.69 bits per heavy atom. The van der Waals surface area contributed by atoms with Crippen LogP contribution >= 0.6 is 11.6 Å². The first kappa shape index (κ1) is 17.9. The van der Waals surface area contributed by atoms with Gasteiger partial charge in [0.05, 0.1) is 25.3 Å². The molecule has 1 N–H and O–H groups in total. The van der Waals surface area contributed by atoms with E-state index in [1.807, 2.05) is 0 Å². The fourth-order valence-corrected chi connectivity index (χ4v) is 3.14. The minimum absolute atomic E-state index is 0.133. The zero-order valence-electron chi connectivity index (χ0n) is 14.2. The Morgan fingerprint density at radius 1 is 1.00 bits per heavy atom. The van der Waals surface area contributed by atoms with Crippen LogP contribution < -0.4 is 14.8 Å². The van der Waals surface area contributed by atoms with Gasteiger partial charge in [-0.2, -0.15) is 0 Å². The van der Waals surface area contributed by atoms with Crippen molar-refractivity contribution in [2.45, 2.75) is 6.42 Å². The number of alkyl halides is 1. The van der Waals surface area contributed by atoms with E-state index in [0.29, 0.717) is 11.4 Å². The van der Waals surface area contributed by atoms with E-state index in [0.717, 1.165) is 0 Å². The van der Waals surface area contributed by atoms with Gasteiger partial charge in [0.15, 0.2) is 5.78 Å². The lowest BCUT2D eigenvalue weighted by Crippen LogP contribution is -2.23. The predicted octanol–water partition coefficient (Wildman–Crippen LogP) is 3.05. The highest BCUT2D eigenvalue weighted by Gasteiger charge is 2.35. The molecular weight excluding hydrogens is 358 g/mol. The Morgan fingerprint density at radius 3 is 2.35 bits per heavy atom. The number of ketones is 2. The van der Waals surface area contributed by atoms with Gasteiger partial charge in [-0.25, -0.2) is 0 Å². The van der Waals surface area contributed by atoms with Crippen LogP contribution in [0.5, 0.6) is 11.5 Å². The first-order valence-electron chi connectivity index (χ1n) is 7.86. The number of nitrogens with one attached hydrogen (secondary N) is 1. The summed E-state index contributed by atoms with van der Waals surface area (Å²) in [4.78, 5) is 37.8. The number of ether oxygens (including phenoxy) is 2. The summed E-state index contributed by atoms with van der Waals surface area (Å²) in [5.41, 5.74) is 1.17. The van der Waals surface area contributed by atoms with Crippen LogP contribution in [0.2, 0.25) is 0 Å². The molecule has 0 heterocycles. The third kappa shape index (κ3) is 2.93. The van der Waals surface area contributed by atoms with E-state index in [9.17, 15) is 14.4 Å². The molecule has 134 valence electrons. The number of hydrogen-bond donors (Lipinski definition) is 1. The van der Waals surface area contributed by atoms with Gasteiger partial charge in [0, 0.05) is 35.2 Å². The molecule has 6 nitrogen and oxygen atoms in total. The number of methoxy groups -OCH3 is 2. The van der Waals surface area contributed by atoms with E-state index in [2.05, 4.69) is 5.32 Å². The zero-order valence-corrected chi connectivity index (χ0v) is 15.0. The van der Waals surface area contributed by atoms with Gasteiger partial charge in [-0.1, -0.05) is 12.1 Å². The van der Waals surface area contributed by atoms with Gasteiger partial charge in [-0.05, 0) is 12.1 Å². The van der Waals surface area contributed by atoms with Crippen LogP contribution in [-0.4, -0.2) is 37.6 Å². The van der Waals surface area contributed by atoms with Crippen LogP contribution in [0, 0.1) is 0 Å². The van der Waals surface area contributed by atoms with Crippen LogP contribution in [0.3, 0.4) is 0 Å². The summed E-state index contributed by atoms with van der Waals surface area (Å²) in [5, 5.41) is 2.66. The SMILES string of the molecule is COc1cccc2c1C(=O)c1c(OC)cc(NC(=O)CCCl)cc1C2=O. The summed E-state index contributed by atoms with van der Waals surface area (Å²) in [7, 11) is 2.84. The summed E-state index contributed by atoms with van der Waals surface area (Å²) < 4.78 is 10.6. The maximum Gasteiger partial charge on any atom is 0.225 e. The largest absolute Gasteiger partial charge is 0.496 e. The summed E-state index contributed by atoms with van der Waals surface area (Å²) >= 11 is 5.57. The average molecular weight is 374 g/mol. The minimum Gasteiger partial charge on any atom is -0.496 e. The Balaban J connectivity index is 2.16. The fraction of sp³-hybridized carbons (Fsp3) is 0.211. The number of amides is 1. The van der Waals surface area contributed by atoms with Crippen molar-refractivity contribution in [3.05, 3.63) is 52.6 Å². The molecule has 0 fully saturated rings. The molecule has 0 aromatic heterocycles. The van der Waals surface area contributed by atoms with Crippen molar-refractivity contribution < 1.29 is 23.9 Å². The molecule has 7 heteroatoms. The normalized spacial score (nSPS) is 12.3. The van der Waals surface area contributed by atoms with Gasteiger partial charge in [-0.3, -0.25) is 14.4 Å². The molecule has 0 spiro atoms. The average Bonchev–Trinajstić information content (AvgIpc) is 2.64. The lowest BCUT2D eigenvalue weighted by molar-refractivity contribution is -0.115. The van der Waals surface area contributed by atoms with Crippen molar-refractivity contribution >= 4 is 34.8 Å².